The molecule has 3 aromatic rings. The number of aromatic amines is 1. The summed E-state index contributed by atoms with van der Waals surface area (Å²) in [5.41, 5.74) is 1.06. The highest BCUT2D eigenvalue weighted by Gasteiger charge is 2.11. The van der Waals surface area contributed by atoms with E-state index in [4.69, 9.17) is 23.8 Å². The van der Waals surface area contributed by atoms with E-state index in [-0.39, 0.29) is 21.9 Å². The molecule has 0 amide bonds. The first-order chi connectivity index (χ1) is 11.9. The summed E-state index contributed by atoms with van der Waals surface area (Å²) in [5, 5.41) is 0.346. The Morgan fingerprint density at radius 1 is 1.32 bits per heavy atom. The van der Waals surface area contributed by atoms with Crippen molar-refractivity contribution in [3.8, 4) is 0 Å². The van der Waals surface area contributed by atoms with E-state index < -0.39 is 11.8 Å². The third-order valence-electron chi connectivity index (χ3n) is 3.73. The lowest BCUT2D eigenvalue weighted by Gasteiger charge is -2.09. The van der Waals surface area contributed by atoms with Crippen LogP contribution in [0.3, 0.4) is 0 Å². The Labute approximate surface area is 151 Å². The number of carbonyl (C=O) groups is 1. The van der Waals surface area contributed by atoms with Crippen LogP contribution in [-0.2, 0) is 11.3 Å². The van der Waals surface area contributed by atoms with E-state index in [0.29, 0.717) is 22.0 Å². The number of halogens is 2. The van der Waals surface area contributed by atoms with Crippen molar-refractivity contribution in [1.82, 2.24) is 9.55 Å². The van der Waals surface area contributed by atoms with Gasteiger partial charge in [-0.3, -0.25) is 9.36 Å². The van der Waals surface area contributed by atoms with Crippen LogP contribution >= 0.6 is 23.8 Å². The molecule has 0 spiro atoms. The minimum atomic E-state index is -0.531. The Balaban J connectivity index is 2.10. The molecule has 0 bridgehead atoms. The third-order valence-corrected chi connectivity index (χ3v) is 4.34. The smallest absolute Gasteiger partial charge is 0.337 e. The van der Waals surface area contributed by atoms with Gasteiger partial charge in [0, 0.05) is 0 Å². The number of methoxy groups -OCH3 is 1. The highest BCUT2D eigenvalue weighted by molar-refractivity contribution is 7.71. The third kappa shape index (κ3) is 3.33. The van der Waals surface area contributed by atoms with Crippen molar-refractivity contribution in [1.29, 1.82) is 0 Å². The van der Waals surface area contributed by atoms with Crippen molar-refractivity contribution in [3.05, 3.63) is 73.5 Å². The van der Waals surface area contributed by atoms with Gasteiger partial charge in [-0.25, -0.2) is 9.18 Å². The first-order valence-corrected chi connectivity index (χ1v) is 7.98. The van der Waals surface area contributed by atoms with Crippen LogP contribution in [0.25, 0.3) is 10.9 Å². The maximum absolute atomic E-state index is 13.3. The van der Waals surface area contributed by atoms with Gasteiger partial charge in [0.05, 0.1) is 35.1 Å². The molecule has 1 heterocycles. The molecule has 0 aliphatic carbocycles. The molecule has 0 radical (unpaired) electrons. The minimum absolute atomic E-state index is 0.0241. The van der Waals surface area contributed by atoms with E-state index in [2.05, 4.69) is 9.72 Å². The van der Waals surface area contributed by atoms with Gasteiger partial charge in [-0.1, -0.05) is 17.7 Å². The molecule has 0 saturated carbocycles. The molecular weight excluding hydrogens is 367 g/mol. The molecule has 8 heteroatoms. The number of hydrogen-bond acceptors (Lipinski definition) is 4. The first-order valence-electron chi connectivity index (χ1n) is 7.20. The predicted octanol–water partition coefficient (Wildman–Crippen LogP) is 3.69. The Bertz CT molecular complexity index is 1110. The number of nitrogens with one attached hydrogen (secondary N) is 1. The van der Waals surface area contributed by atoms with Gasteiger partial charge in [0.2, 0.25) is 0 Å². The molecule has 128 valence electrons. The van der Waals surface area contributed by atoms with Crippen LogP contribution in [0.15, 0.2) is 41.2 Å². The van der Waals surface area contributed by atoms with E-state index in [9.17, 15) is 14.0 Å². The van der Waals surface area contributed by atoms with E-state index in [1.54, 1.807) is 0 Å². The summed E-state index contributed by atoms with van der Waals surface area (Å²) >= 11 is 11.0. The van der Waals surface area contributed by atoms with Crippen molar-refractivity contribution in [2.45, 2.75) is 6.54 Å². The molecule has 0 atom stereocenters. The molecule has 0 saturated heterocycles. The molecule has 0 aliphatic heterocycles. The molecule has 0 unspecified atom stereocenters. The van der Waals surface area contributed by atoms with Crippen molar-refractivity contribution in [2.75, 3.05) is 7.11 Å². The lowest BCUT2D eigenvalue weighted by atomic mass is 10.1. The standard InChI is InChI=1S/C17H12ClFN2O3S/c1-24-16(23)10-3-4-11-14(7-10)20-17(25)21(15(11)22)8-9-2-5-13(19)12(18)6-9/h2-7H,8H2,1H3,(H,20,25). The zero-order valence-corrected chi connectivity index (χ0v) is 14.6. The number of aromatic nitrogens is 2. The molecule has 0 fully saturated rings. The lowest BCUT2D eigenvalue weighted by molar-refractivity contribution is 0.0601. The van der Waals surface area contributed by atoms with Crippen LogP contribution < -0.4 is 5.56 Å². The summed E-state index contributed by atoms with van der Waals surface area (Å²) < 4.78 is 19.5. The van der Waals surface area contributed by atoms with Crippen LogP contribution in [0, 0.1) is 10.6 Å². The second-order valence-corrected chi connectivity index (χ2v) is 6.12. The van der Waals surface area contributed by atoms with Crippen molar-refractivity contribution < 1.29 is 13.9 Å². The average Bonchev–Trinajstić information content (AvgIpc) is 2.60. The number of esters is 1. The summed E-state index contributed by atoms with van der Waals surface area (Å²) in [6, 6.07) is 8.77. The molecule has 1 N–H and O–H groups in total. The zero-order valence-electron chi connectivity index (χ0n) is 13.0. The van der Waals surface area contributed by atoms with Crippen molar-refractivity contribution in [3.63, 3.8) is 0 Å². The topological polar surface area (TPSA) is 64.1 Å². The number of fused-ring (bicyclic) bond motifs is 1. The molecule has 2 aromatic carbocycles. The van der Waals surface area contributed by atoms with E-state index >= 15 is 0 Å². The highest BCUT2D eigenvalue weighted by atomic mass is 35.5. The Morgan fingerprint density at radius 3 is 2.76 bits per heavy atom. The molecule has 1 aromatic heterocycles. The fraction of sp³-hybridized carbons (Fsp3) is 0.118. The number of hydrogen-bond donors (Lipinski definition) is 1. The van der Waals surface area contributed by atoms with E-state index in [1.807, 2.05) is 0 Å². The number of nitrogens with zero attached hydrogens (tertiary/aromatic N) is 1. The van der Waals surface area contributed by atoms with Crippen LogP contribution in [0.2, 0.25) is 5.02 Å². The maximum Gasteiger partial charge on any atom is 0.337 e. The van der Waals surface area contributed by atoms with Gasteiger partial charge < -0.3 is 9.72 Å². The second kappa shape index (κ2) is 6.78. The summed E-state index contributed by atoms with van der Waals surface area (Å²) in [4.78, 5) is 27.2. The normalized spacial score (nSPS) is 10.8. The van der Waals surface area contributed by atoms with Gasteiger partial charge in [0.25, 0.3) is 5.56 Å². The first kappa shape index (κ1) is 17.3. The van der Waals surface area contributed by atoms with Crippen molar-refractivity contribution in [2.24, 2.45) is 0 Å². The monoisotopic (exact) mass is 378 g/mol. The summed E-state index contributed by atoms with van der Waals surface area (Å²) in [7, 11) is 1.28. The van der Waals surface area contributed by atoms with E-state index in [1.165, 1.54) is 48.1 Å². The number of benzene rings is 2. The maximum atomic E-state index is 13.3. The molecule has 0 aliphatic rings. The van der Waals surface area contributed by atoms with Gasteiger partial charge in [-0.15, -0.1) is 0 Å². The molecule has 3 rings (SSSR count). The quantitative estimate of drug-likeness (QED) is 0.557. The van der Waals surface area contributed by atoms with Crippen LogP contribution in [0.1, 0.15) is 15.9 Å². The Kier molecular flexibility index (Phi) is 4.69. The summed E-state index contributed by atoms with van der Waals surface area (Å²) in [5.74, 6) is -1.04. The SMILES string of the molecule is COC(=O)c1ccc2c(=O)n(Cc3ccc(F)c(Cl)c3)c(=S)[nH]c2c1. The Morgan fingerprint density at radius 2 is 2.08 bits per heavy atom. The molecule has 25 heavy (non-hydrogen) atoms. The minimum Gasteiger partial charge on any atom is -0.465 e. The summed E-state index contributed by atoms with van der Waals surface area (Å²) in [6.07, 6.45) is 0. The molecule has 5 nitrogen and oxygen atoms in total. The van der Waals surface area contributed by atoms with E-state index in [0.717, 1.165) is 0 Å². The number of H-pyrrole nitrogens is 1. The molecular formula is C17H12ClFN2O3S. The zero-order chi connectivity index (χ0) is 18.1. The van der Waals surface area contributed by atoms with Gasteiger partial charge in [0.15, 0.2) is 4.77 Å². The Hall–Kier alpha value is -2.51. The number of ether oxygens (including phenoxy) is 1. The fourth-order valence-corrected chi connectivity index (χ4v) is 2.92. The fourth-order valence-electron chi connectivity index (χ4n) is 2.46. The average molecular weight is 379 g/mol. The van der Waals surface area contributed by atoms with Crippen LogP contribution in [-0.4, -0.2) is 22.6 Å². The number of rotatable bonds is 3. The van der Waals surface area contributed by atoms with Gasteiger partial charge in [-0.2, -0.15) is 0 Å². The second-order valence-electron chi connectivity index (χ2n) is 5.32. The van der Waals surface area contributed by atoms with Gasteiger partial charge in [-0.05, 0) is 48.1 Å². The van der Waals surface area contributed by atoms with Gasteiger partial charge >= 0.3 is 5.97 Å². The summed E-state index contributed by atoms with van der Waals surface area (Å²) in [6.45, 7) is 0.142. The lowest BCUT2D eigenvalue weighted by Crippen LogP contribution is -2.23. The van der Waals surface area contributed by atoms with Crippen LogP contribution in [0.5, 0.6) is 0 Å². The van der Waals surface area contributed by atoms with Gasteiger partial charge in [0.1, 0.15) is 5.82 Å². The van der Waals surface area contributed by atoms with Crippen molar-refractivity contribution >= 4 is 40.7 Å². The number of carbonyl (C=O) groups excluding carboxylic acids is 1. The van der Waals surface area contributed by atoms with Crippen LogP contribution in [0.4, 0.5) is 4.39 Å². The highest BCUT2D eigenvalue weighted by Crippen LogP contribution is 2.17. The predicted molar refractivity (Wildman–Crippen MR) is 95.2 cm³/mol. The largest absolute Gasteiger partial charge is 0.465 e.